The highest BCUT2D eigenvalue weighted by molar-refractivity contribution is 7.90. The van der Waals surface area contributed by atoms with Crippen molar-refractivity contribution < 1.29 is 22.8 Å². The third kappa shape index (κ3) is 5.62. The number of hydrogen-bond acceptors (Lipinski definition) is 7. The molecule has 0 radical (unpaired) electrons. The molecule has 4 fully saturated rings. The number of benzene rings is 2. The molecule has 0 bridgehead atoms. The Balaban J connectivity index is 0.00000353. The summed E-state index contributed by atoms with van der Waals surface area (Å²) in [5, 5.41) is 6.52. The predicted molar refractivity (Wildman–Crippen MR) is 161 cm³/mol. The number of carbonyl (C=O) groups excluding carboxylic acids is 3. The smallest absolute Gasteiger partial charge is 0.323 e. The molecule has 3 amide bonds. The Morgan fingerprint density at radius 2 is 1.62 bits per heavy atom. The first-order chi connectivity index (χ1) is 19.5. The fraction of sp³-hybridized carbons (Fsp3) is 0.516. The normalized spacial score (nSPS) is 25.6. The van der Waals surface area contributed by atoms with Crippen LogP contribution in [0.5, 0.6) is 0 Å². The predicted octanol–water partition coefficient (Wildman–Crippen LogP) is 3.14. The van der Waals surface area contributed by atoms with Crippen molar-refractivity contribution in [2.24, 2.45) is 11.3 Å². The highest BCUT2D eigenvalue weighted by Gasteiger charge is 2.56. The van der Waals surface area contributed by atoms with Crippen LogP contribution >= 0.6 is 12.4 Å². The number of amides is 3. The second kappa shape index (κ2) is 11.4. The Morgan fingerprint density at radius 1 is 0.976 bits per heavy atom. The van der Waals surface area contributed by atoms with Crippen LogP contribution < -0.4 is 10.6 Å². The van der Waals surface area contributed by atoms with Crippen molar-refractivity contribution in [3.05, 3.63) is 65.7 Å². The van der Waals surface area contributed by atoms with Gasteiger partial charge in [-0.3, -0.25) is 19.4 Å². The Labute approximate surface area is 253 Å². The number of Topliss-reactive ketones (excluding diaryl/α,β-unsaturated/α-hetero) is 1. The van der Waals surface area contributed by atoms with Crippen LogP contribution in [-0.4, -0.2) is 80.0 Å². The zero-order valence-electron chi connectivity index (χ0n) is 24.0. The number of imide groups is 1. The molecule has 1 aliphatic carbocycles. The molecule has 0 aromatic heterocycles. The molecule has 3 aliphatic heterocycles. The maximum Gasteiger partial charge on any atom is 0.325 e. The minimum Gasteiger partial charge on any atom is -0.323 e. The summed E-state index contributed by atoms with van der Waals surface area (Å²) in [5.41, 5.74) is 0.668. The largest absolute Gasteiger partial charge is 0.325 e. The van der Waals surface area contributed by atoms with E-state index in [4.69, 9.17) is 0 Å². The molecule has 42 heavy (non-hydrogen) atoms. The quantitative estimate of drug-likeness (QED) is 0.439. The van der Waals surface area contributed by atoms with Crippen molar-refractivity contribution in [2.45, 2.75) is 61.5 Å². The van der Waals surface area contributed by atoms with Crippen LogP contribution in [0.2, 0.25) is 0 Å². The number of likely N-dealkylation sites (tertiary alicyclic amines) is 1. The average Bonchev–Trinajstić information content (AvgIpc) is 3.46. The molecule has 11 heteroatoms. The minimum absolute atomic E-state index is 0. The van der Waals surface area contributed by atoms with Crippen LogP contribution in [0.3, 0.4) is 0 Å². The van der Waals surface area contributed by atoms with Crippen LogP contribution in [0.4, 0.5) is 4.79 Å². The van der Waals surface area contributed by atoms with E-state index in [1.807, 2.05) is 6.07 Å². The molecular formula is C31H39ClN4O5S. The van der Waals surface area contributed by atoms with Gasteiger partial charge in [0.25, 0.3) is 5.91 Å². The highest BCUT2D eigenvalue weighted by atomic mass is 35.5. The van der Waals surface area contributed by atoms with Gasteiger partial charge in [0.2, 0.25) is 0 Å². The lowest BCUT2D eigenvalue weighted by molar-refractivity contribution is -0.135. The van der Waals surface area contributed by atoms with E-state index in [0.29, 0.717) is 37.3 Å². The van der Waals surface area contributed by atoms with Gasteiger partial charge < -0.3 is 10.6 Å². The number of urea groups is 1. The lowest BCUT2D eigenvalue weighted by atomic mass is 9.77. The maximum atomic E-state index is 14.0. The summed E-state index contributed by atoms with van der Waals surface area (Å²) in [6.45, 7) is 4.86. The van der Waals surface area contributed by atoms with Gasteiger partial charge in [-0.25, -0.2) is 13.2 Å². The number of ketones is 1. The SMILES string of the molecule is CC1(C(=O)C([C@@H]2CNC[C@@H]2c2ccccc2)N2CCC3(CC2)NC(=O)N(Cc2ccc(S(C)(=O)=O)cc2)C3=O)CC1.Cl. The van der Waals surface area contributed by atoms with Crippen molar-refractivity contribution in [2.75, 3.05) is 32.4 Å². The van der Waals surface area contributed by atoms with Crippen molar-refractivity contribution in [1.82, 2.24) is 20.4 Å². The molecule has 226 valence electrons. The van der Waals surface area contributed by atoms with Gasteiger partial charge in [0, 0.05) is 49.7 Å². The van der Waals surface area contributed by atoms with Crippen molar-refractivity contribution in [3.8, 4) is 0 Å². The fourth-order valence-electron chi connectivity index (χ4n) is 6.89. The first kappa shape index (κ1) is 30.7. The third-order valence-corrected chi connectivity index (χ3v) is 10.9. The Hall–Kier alpha value is -2.79. The van der Waals surface area contributed by atoms with Gasteiger partial charge in [-0.2, -0.15) is 0 Å². The number of halogens is 1. The lowest BCUT2D eigenvalue weighted by Gasteiger charge is -2.44. The maximum absolute atomic E-state index is 14.0. The number of rotatable bonds is 8. The molecule has 3 heterocycles. The molecule has 2 aromatic rings. The van der Waals surface area contributed by atoms with Crippen LogP contribution in [0.25, 0.3) is 0 Å². The molecule has 1 saturated carbocycles. The van der Waals surface area contributed by atoms with E-state index < -0.39 is 21.4 Å². The van der Waals surface area contributed by atoms with Gasteiger partial charge in [0.05, 0.1) is 17.5 Å². The van der Waals surface area contributed by atoms with E-state index in [2.05, 4.69) is 46.7 Å². The summed E-state index contributed by atoms with van der Waals surface area (Å²) in [6, 6.07) is 16.0. The van der Waals surface area contributed by atoms with Crippen molar-refractivity contribution in [3.63, 3.8) is 0 Å². The average molecular weight is 615 g/mol. The van der Waals surface area contributed by atoms with Crippen LogP contribution in [0, 0.1) is 11.3 Å². The van der Waals surface area contributed by atoms with Gasteiger partial charge in [-0.05, 0) is 48.9 Å². The summed E-state index contributed by atoms with van der Waals surface area (Å²) in [5.74, 6) is 0.428. The number of hydrogen-bond donors (Lipinski definition) is 2. The molecular weight excluding hydrogens is 576 g/mol. The Bertz CT molecular complexity index is 1450. The molecule has 3 atom stereocenters. The molecule has 2 N–H and O–H groups in total. The number of piperidine rings is 1. The lowest BCUT2D eigenvalue weighted by Crippen LogP contribution is -2.60. The molecule has 1 spiro atoms. The molecule has 4 aliphatic rings. The first-order valence-electron chi connectivity index (χ1n) is 14.5. The first-order valence-corrected chi connectivity index (χ1v) is 16.4. The summed E-state index contributed by atoms with van der Waals surface area (Å²) in [7, 11) is -3.33. The minimum atomic E-state index is -3.33. The standard InChI is InChI=1S/C31H38N4O5S.ClH/c1-30(12-13-30)27(36)26(25-19-32-18-24(25)22-6-4-3-5-7-22)34-16-14-31(15-17-34)28(37)35(29(38)33-31)20-21-8-10-23(11-9-21)41(2,39)40;/h3-11,24-26,32H,12-20H2,1-2H3,(H,33,38);1H/t24-,25-,26?;/m1./s1. The van der Waals surface area contributed by atoms with E-state index >= 15 is 0 Å². The van der Waals surface area contributed by atoms with Crippen LogP contribution in [0.15, 0.2) is 59.5 Å². The molecule has 6 rings (SSSR count). The molecule has 2 aromatic carbocycles. The van der Waals surface area contributed by atoms with Gasteiger partial charge >= 0.3 is 6.03 Å². The molecule has 3 saturated heterocycles. The third-order valence-electron chi connectivity index (χ3n) is 9.74. The Kier molecular flexibility index (Phi) is 8.30. The molecule has 9 nitrogen and oxygen atoms in total. The Morgan fingerprint density at radius 3 is 2.21 bits per heavy atom. The van der Waals surface area contributed by atoms with Gasteiger partial charge in [-0.1, -0.05) is 49.4 Å². The van der Waals surface area contributed by atoms with Gasteiger partial charge in [0.1, 0.15) is 5.54 Å². The van der Waals surface area contributed by atoms with E-state index in [0.717, 1.165) is 32.2 Å². The summed E-state index contributed by atoms with van der Waals surface area (Å²) >= 11 is 0. The topological polar surface area (TPSA) is 116 Å². The van der Waals surface area contributed by atoms with Gasteiger partial charge in [0.15, 0.2) is 15.6 Å². The monoisotopic (exact) mass is 614 g/mol. The van der Waals surface area contributed by atoms with E-state index in [1.54, 1.807) is 12.1 Å². The van der Waals surface area contributed by atoms with Crippen LogP contribution in [0.1, 0.15) is 49.7 Å². The number of nitrogens with zero attached hydrogens (tertiary/aromatic N) is 2. The van der Waals surface area contributed by atoms with Gasteiger partial charge in [-0.15, -0.1) is 12.4 Å². The van der Waals surface area contributed by atoms with Crippen LogP contribution in [-0.2, 0) is 26.0 Å². The fourth-order valence-corrected chi connectivity index (χ4v) is 7.52. The van der Waals surface area contributed by atoms with E-state index in [1.165, 1.54) is 22.6 Å². The number of carbonyl (C=O) groups is 3. The summed E-state index contributed by atoms with van der Waals surface area (Å²) < 4.78 is 23.6. The summed E-state index contributed by atoms with van der Waals surface area (Å²) in [6.07, 6.45) is 3.87. The second-order valence-electron chi connectivity index (χ2n) is 12.6. The van der Waals surface area contributed by atoms with E-state index in [-0.39, 0.29) is 53.0 Å². The van der Waals surface area contributed by atoms with Crippen molar-refractivity contribution in [1.29, 1.82) is 0 Å². The highest BCUT2D eigenvalue weighted by Crippen LogP contribution is 2.49. The number of sulfone groups is 1. The zero-order valence-corrected chi connectivity index (χ0v) is 25.7. The van der Waals surface area contributed by atoms with E-state index in [9.17, 15) is 22.8 Å². The molecule has 1 unspecified atom stereocenters. The zero-order chi connectivity index (χ0) is 29.0. The number of nitrogens with one attached hydrogen (secondary N) is 2. The second-order valence-corrected chi connectivity index (χ2v) is 14.6. The summed E-state index contributed by atoms with van der Waals surface area (Å²) in [4.78, 5) is 44.3. The van der Waals surface area contributed by atoms with Crippen molar-refractivity contribution >= 4 is 40.0 Å².